The number of fused-ring (bicyclic) bond motifs is 1. The van der Waals surface area contributed by atoms with Gasteiger partial charge in [0.25, 0.3) is 0 Å². The van der Waals surface area contributed by atoms with E-state index >= 15 is 0 Å². The van der Waals surface area contributed by atoms with Crippen molar-refractivity contribution in [1.29, 1.82) is 0 Å². The Morgan fingerprint density at radius 3 is 2.78 bits per heavy atom. The van der Waals surface area contributed by atoms with Gasteiger partial charge >= 0.3 is 0 Å². The van der Waals surface area contributed by atoms with E-state index in [2.05, 4.69) is 11.9 Å². The van der Waals surface area contributed by atoms with Gasteiger partial charge in [0, 0.05) is 30.7 Å². The summed E-state index contributed by atoms with van der Waals surface area (Å²) < 4.78 is 11.0. The minimum absolute atomic E-state index is 0.172. The minimum Gasteiger partial charge on any atom is -0.488 e. The third-order valence-corrected chi connectivity index (χ3v) is 3.43. The number of rotatable bonds is 9. The summed E-state index contributed by atoms with van der Waals surface area (Å²) in [5, 5.41) is 4.95. The fraction of sp³-hybridized carbons (Fsp3) is 0.316. The smallest absolute Gasteiger partial charge is 0.250 e. The molecule has 4 heteroatoms. The predicted molar refractivity (Wildman–Crippen MR) is 92.7 cm³/mol. The van der Waals surface area contributed by atoms with Gasteiger partial charge in [0.2, 0.25) is 5.91 Å². The minimum atomic E-state index is -0.179. The summed E-state index contributed by atoms with van der Waals surface area (Å²) in [4.78, 5) is 11.9. The zero-order valence-electron chi connectivity index (χ0n) is 13.5. The number of hydrogen-bond donors (Lipinski definition) is 1. The lowest BCUT2D eigenvalue weighted by Crippen LogP contribution is -2.28. The summed E-state index contributed by atoms with van der Waals surface area (Å²) in [5.74, 6) is 0.579. The van der Waals surface area contributed by atoms with Gasteiger partial charge in [0.1, 0.15) is 12.4 Å². The van der Waals surface area contributed by atoms with Crippen LogP contribution in [0.4, 0.5) is 0 Å². The summed E-state index contributed by atoms with van der Waals surface area (Å²) >= 11 is 0. The molecule has 0 radical (unpaired) electrons. The predicted octanol–water partition coefficient (Wildman–Crippen LogP) is 3.32. The van der Waals surface area contributed by atoms with Crippen LogP contribution in [-0.2, 0) is 9.53 Å². The van der Waals surface area contributed by atoms with Crippen molar-refractivity contribution >= 4 is 16.7 Å². The Kier molecular flexibility index (Phi) is 6.63. The van der Waals surface area contributed by atoms with Crippen LogP contribution in [0, 0.1) is 0 Å². The molecule has 0 heterocycles. The van der Waals surface area contributed by atoms with Crippen molar-refractivity contribution in [3.8, 4) is 5.75 Å². The van der Waals surface area contributed by atoms with E-state index in [0.29, 0.717) is 25.3 Å². The zero-order valence-corrected chi connectivity index (χ0v) is 13.5. The number of carbonyl (C=O) groups is 1. The second-order valence-corrected chi connectivity index (χ2v) is 5.18. The lowest BCUT2D eigenvalue weighted by Gasteiger charge is -2.11. The SMILES string of the molecule is C=C(COc1cccc2ccccc12)C(=O)NCCCOCC. The average Bonchev–Trinajstić information content (AvgIpc) is 2.59. The molecule has 0 aromatic heterocycles. The van der Waals surface area contributed by atoms with Crippen molar-refractivity contribution in [2.75, 3.05) is 26.4 Å². The quantitative estimate of drug-likeness (QED) is 0.571. The van der Waals surface area contributed by atoms with Crippen LogP contribution in [0.15, 0.2) is 54.6 Å². The van der Waals surface area contributed by atoms with Crippen LogP contribution in [0.2, 0.25) is 0 Å². The van der Waals surface area contributed by atoms with Crippen LogP contribution in [0.3, 0.4) is 0 Å². The first-order valence-corrected chi connectivity index (χ1v) is 7.86. The molecule has 0 spiro atoms. The lowest BCUT2D eigenvalue weighted by molar-refractivity contribution is -0.117. The molecule has 0 saturated heterocycles. The third kappa shape index (κ3) is 5.11. The first-order valence-electron chi connectivity index (χ1n) is 7.86. The number of carbonyl (C=O) groups excluding carboxylic acids is 1. The second-order valence-electron chi connectivity index (χ2n) is 5.18. The normalized spacial score (nSPS) is 10.5. The topological polar surface area (TPSA) is 47.6 Å². The largest absolute Gasteiger partial charge is 0.488 e. The summed E-state index contributed by atoms with van der Waals surface area (Å²) in [6, 6.07) is 13.9. The van der Waals surface area contributed by atoms with E-state index in [0.717, 1.165) is 22.9 Å². The molecule has 0 aliphatic heterocycles. The number of hydrogen-bond acceptors (Lipinski definition) is 3. The fourth-order valence-electron chi connectivity index (χ4n) is 2.20. The van der Waals surface area contributed by atoms with Gasteiger partial charge in [-0.1, -0.05) is 43.0 Å². The number of amides is 1. The van der Waals surface area contributed by atoms with Gasteiger partial charge in [0.15, 0.2) is 0 Å². The maximum Gasteiger partial charge on any atom is 0.250 e. The molecule has 0 bridgehead atoms. The molecule has 0 aliphatic carbocycles. The van der Waals surface area contributed by atoms with Gasteiger partial charge in [-0.25, -0.2) is 0 Å². The van der Waals surface area contributed by atoms with Crippen molar-refractivity contribution in [2.45, 2.75) is 13.3 Å². The first-order chi connectivity index (χ1) is 11.2. The molecule has 0 unspecified atom stereocenters. The highest BCUT2D eigenvalue weighted by molar-refractivity contribution is 5.93. The molecule has 23 heavy (non-hydrogen) atoms. The van der Waals surface area contributed by atoms with E-state index in [1.165, 1.54) is 0 Å². The third-order valence-electron chi connectivity index (χ3n) is 3.43. The molecule has 1 amide bonds. The van der Waals surface area contributed by atoms with Gasteiger partial charge < -0.3 is 14.8 Å². The first kappa shape index (κ1) is 17.0. The van der Waals surface area contributed by atoms with E-state index in [4.69, 9.17) is 9.47 Å². The molecule has 122 valence electrons. The molecule has 0 aliphatic rings. The van der Waals surface area contributed by atoms with E-state index < -0.39 is 0 Å². The van der Waals surface area contributed by atoms with Crippen LogP contribution in [0.1, 0.15) is 13.3 Å². The maximum absolute atomic E-state index is 11.9. The molecule has 2 rings (SSSR count). The van der Waals surface area contributed by atoms with Gasteiger partial charge in [-0.3, -0.25) is 4.79 Å². The Hall–Kier alpha value is -2.33. The van der Waals surface area contributed by atoms with Crippen LogP contribution < -0.4 is 10.1 Å². The van der Waals surface area contributed by atoms with Gasteiger partial charge in [-0.15, -0.1) is 0 Å². The lowest BCUT2D eigenvalue weighted by atomic mass is 10.1. The molecule has 2 aromatic carbocycles. The van der Waals surface area contributed by atoms with Crippen molar-refractivity contribution in [2.24, 2.45) is 0 Å². The van der Waals surface area contributed by atoms with Gasteiger partial charge in [-0.2, -0.15) is 0 Å². The summed E-state index contributed by atoms with van der Waals surface area (Å²) in [6.45, 7) is 7.84. The maximum atomic E-state index is 11.9. The highest BCUT2D eigenvalue weighted by atomic mass is 16.5. The van der Waals surface area contributed by atoms with Crippen LogP contribution in [0.5, 0.6) is 5.75 Å². The summed E-state index contributed by atoms with van der Waals surface area (Å²) in [7, 11) is 0. The van der Waals surface area contributed by atoms with E-state index in [1.807, 2.05) is 49.4 Å². The zero-order chi connectivity index (χ0) is 16.5. The standard InChI is InChI=1S/C19H23NO3/c1-3-22-13-7-12-20-19(21)15(2)14-23-18-11-6-9-16-8-4-5-10-17(16)18/h4-6,8-11H,2-3,7,12-14H2,1H3,(H,20,21). The summed E-state index contributed by atoms with van der Waals surface area (Å²) in [5.41, 5.74) is 0.411. The van der Waals surface area contributed by atoms with Crippen molar-refractivity contribution < 1.29 is 14.3 Å². The summed E-state index contributed by atoms with van der Waals surface area (Å²) in [6.07, 6.45) is 0.789. The molecular weight excluding hydrogens is 290 g/mol. The van der Waals surface area contributed by atoms with E-state index in [-0.39, 0.29) is 12.5 Å². The van der Waals surface area contributed by atoms with Gasteiger partial charge in [0.05, 0.1) is 0 Å². The van der Waals surface area contributed by atoms with Crippen molar-refractivity contribution in [1.82, 2.24) is 5.32 Å². The Bertz CT molecular complexity index is 661. The molecule has 0 saturated carbocycles. The number of benzene rings is 2. The van der Waals surface area contributed by atoms with Gasteiger partial charge in [-0.05, 0) is 24.8 Å². The number of ether oxygens (including phenoxy) is 2. The van der Waals surface area contributed by atoms with Crippen LogP contribution in [0.25, 0.3) is 10.8 Å². The fourth-order valence-corrected chi connectivity index (χ4v) is 2.20. The van der Waals surface area contributed by atoms with E-state index in [9.17, 15) is 4.79 Å². The molecule has 1 N–H and O–H groups in total. The molecule has 4 nitrogen and oxygen atoms in total. The molecule has 0 fully saturated rings. The van der Waals surface area contributed by atoms with Crippen molar-refractivity contribution in [3.05, 3.63) is 54.6 Å². The molecular formula is C19H23NO3. The Morgan fingerprint density at radius 1 is 1.17 bits per heavy atom. The average molecular weight is 313 g/mol. The second kappa shape index (κ2) is 8.96. The van der Waals surface area contributed by atoms with Crippen LogP contribution >= 0.6 is 0 Å². The molecule has 2 aromatic rings. The van der Waals surface area contributed by atoms with E-state index in [1.54, 1.807) is 0 Å². The highest BCUT2D eigenvalue weighted by Crippen LogP contribution is 2.25. The van der Waals surface area contributed by atoms with Crippen LogP contribution in [-0.4, -0.2) is 32.3 Å². The number of nitrogens with one attached hydrogen (secondary N) is 1. The molecule has 0 atom stereocenters. The Labute approximate surface area is 137 Å². The highest BCUT2D eigenvalue weighted by Gasteiger charge is 2.08. The Balaban J connectivity index is 1.82. The van der Waals surface area contributed by atoms with Crippen molar-refractivity contribution in [3.63, 3.8) is 0 Å². The Morgan fingerprint density at radius 2 is 1.96 bits per heavy atom. The monoisotopic (exact) mass is 313 g/mol.